The molecule has 0 fully saturated rings. The highest BCUT2D eigenvalue weighted by Gasteiger charge is 2.17. The quantitative estimate of drug-likeness (QED) is 0.382. The lowest BCUT2D eigenvalue weighted by atomic mass is 10.0. The average molecular weight is 492 g/mol. The Morgan fingerprint density at radius 2 is 1.72 bits per heavy atom. The molecule has 13 heteroatoms. The number of rotatable bonds is 12. The highest BCUT2D eigenvalue weighted by atomic mass is 32.2. The second-order valence-corrected chi connectivity index (χ2v) is 10.6. The van der Waals surface area contributed by atoms with E-state index in [0.717, 1.165) is 11.8 Å². The van der Waals surface area contributed by atoms with Crippen molar-refractivity contribution < 1.29 is 27.0 Å². The Kier molecular flexibility index (Phi) is 9.40. The van der Waals surface area contributed by atoms with Crippen LogP contribution < -0.4 is 14.8 Å². The van der Waals surface area contributed by atoms with E-state index >= 15 is 0 Å². The third kappa shape index (κ3) is 9.09. The lowest BCUT2D eigenvalue weighted by Crippen LogP contribution is -2.27. The molecule has 2 aromatic rings. The maximum absolute atomic E-state index is 12.3. The Hall–Kier alpha value is -2.25. The molecule has 178 valence electrons. The first kappa shape index (κ1) is 26.0. The van der Waals surface area contributed by atoms with Crippen LogP contribution in [0.15, 0.2) is 29.4 Å². The molecule has 3 N–H and O–H groups in total. The van der Waals surface area contributed by atoms with E-state index in [-0.39, 0.29) is 40.7 Å². The van der Waals surface area contributed by atoms with Crippen LogP contribution in [0.5, 0.6) is 5.75 Å². The van der Waals surface area contributed by atoms with Gasteiger partial charge in [0, 0.05) is 5.25 Å². The zero-order valence-electron chi connectivity index (χ0n) is 18.1. The Labute approximate surface area is 190 Å². The maximum Gasteiger partial charge on any atom is 0.387 e. The number of thioether (sulfide) groups is 1. The number of hydrogen-bond donors (Lipinski definition) is 3. The van der Waals surface area contributed by atoms with Crippen LogP contribution in [0.3, 0.4) is 0 Å². The maximum atomic E-state index is 12.3. The molecule has 9 nitrogen and oxygen atoms in total. The van der Waals surface area contributed by atoms with E-state index in [4.69, 9.17) is 0 Å². The summed E-state index contributed by atoms with van der Waals surface area (Å²) in [4.78, 5) is 12.6. The first-order valence-electron chi connectivity index (χ1n) is 9.78. The second kappa shape index (κ2) is 11.6. The minimum atomic E-state index is -3.62. The number of alkyl halides is 2. The Morgan fingerprint density at radius 3 is 2.25 bits per heavy atom. The summed E-state index contributed by atoms with van der Waals surface area (Å²) in [5.74, 6) is 0.330. The van der Waals surface area contributed by atoms with Gasteiger partial charge in [0.05, 0.1) is 18.9 Å². The molecule has 0 bridgehead atoms. The molecule has 1 unspecified atom stereocenters. The molecule has 0 saturated carbocycles. The molecule has 1 aromatic carbocycles. The molecule has 0 saturated heterocycles. The van der Waals surface area contributed by atoms with Crippen LogP contribution in [0.2, 0.25) is 0 Å². The van der Waals surface area contributed by atoms with Gasteiger partial charge in [-0.25, -0.2) is 8.42 Å². The number of benzene rings is 1. The van der Waals surface area contributed by atoms with Gasteiger partial charge >= 0.3 is 6.61 Å². The summed E-state index contributed by atoms with van der Waals surface area (Å²) in [5.41, 5.74) is 0.803. The Bertz CT molecular complexity index is 978. The van der Waals surface area contributed by atoms with Crippen LogP contribution in [-0.4, -0.2) is 54.0 Å². The molecular formula is C19H27F2N5O4S2. The summed E-state index contributed by atoms with van der Waals surface area (Å²) < 4.78 is 54.6. The van der Waals surface area contributed by atoms with Gasteiger partial charge in [0.15, 0.2) is 5.16 Å². The third-order valence-corrected chi connectivity index (χ3v) is 5.63. The minimum absolute atomic E-state index is 0.0485. The van der Waals surface area contributed by atoms with Crippen LogP contribution in [0.1, 0.15) is 38.0 Å². The van der Waals surface area contributed by atoms with Crippen molar-refractivity contribution in [3.05, 3.63) is 29.8 Å². The summed E-state index contributed by atoms with van der Waals surface area (Å²) in [6.07, 6.45) is 1.64. The van der Waals surface area contributed by atoms with E-state index in [9.17, 15) is 22.3 Å². The number of hydrogen-bond acceptors (Lipinski definition) is 9. The van der Waals surface area contributed by atoms with E-state index in [1.807, 2.05) is 20.8 Å². The molecule has 0 spiro atoms. The van der Waals surface area contributed by atoms with Crippen molar-refractivity contribution >= 4 is 33.7 Å². The summed E-state index contributed by atoms with van der Waals surface area (Å²) in [5, 5.41) is 12.7. The van der Waals surface area contributed by atoms with Crippen molar-refractivity contribution in [2.45, 2.75) is 50.3 Å². The SMILES string of the molecule is CC(C)C[C@H](CO)Nc1nc(NS(C)(=O)=O)nc(SC(C)c2ccc(OC(F)F)cc2)n1. The molecule has 32 heavy (non-hydrogen) atoms. The number of anilines is 2. The number of aliphatic hydroxyl groups is 1. The van der Waals surface area contributed by atoms with Gasteiger partial charge in [-0.05, 0) is 37.0 Å². The topological polar surface area (TPSA) is 126 Å². The van der Waals surface area contributed by atoms with Crippen LogP contribution >= 0.6 is 11.8 Å². The molecule has 0 aliphatic carbocycles. The van der Waals surface area contributed by atoms with Gasteiger partial charge in [0.2, 0.25) is 21.9 Å². The van der Waals surface area contributed by atoms with Crippen molar-refractivity contribution in [1.29, 1.82) is 0 Å². The van der Waals surface area contributed by atoms with E-state index < -0.39 is 16.6 Å². The first-order valence-corrected chi connectivity index (χ1v) is 12.5. The molecule has 1 heterocycles. The minimum Gasteiger partial charge on any atom is -0.435 e. The summed E-state index contributed by atoms with van der Waals surface area (Å²) in [7, 11) is -3.62. The third-order valence-electron chi connectivity index (χ3n) is 4.06. The van der Waals surface area contributed by atoms with E-state index in [1.165, 1.54) is 23.9 Å². The van der Waals surface area contributed by atoms with Gasteiger partial charge in [0.1, 0.15) is 5.75 Å². The largest absolute Gasteiger partial charge is 0.435 e. The molecule has 2 rings (SSSR count). The number of aromatic nitrogens is 3. The fraction of sp³-hybridized carbons (Fsp3) is 0.526. The van der Waals surface area contributed by atoms with Crippen molar-refractivity contribution in [2.75, 3.05) is 22.9 Å². The number of nitrogens with one attached hydrogen (secondary N) is 2. The predicted molar refractivity (Wildman–Crippen MR) is 120 cm³/mol. The predicted octanol–water partition coefficient (Wildman–Crippen LogP) is 3.52. The number of halogens is 2. The molecule has 0 aliphatic rings. The Balaban J connectivity index is 2.25. The van der Waals surface area contributed by atoms with Gasteiger partial charge < -0.3 is 15.2 Å². The first-order chi connectivity index (χ1) is 14.9. The fourth-order valence-corrected chi connectivity index (χ4v) is 4.07. The average Bonchev–Trinajstić information content (AvgIpc) is 2.65. The van der Waals surface area contributed by atoms with Crippen LogP contribution in [0.25, 0.3) is 0 Å². The lowest BCUT2D eigenvalue weighted by Gasteiger charge is -2.19. The molecule has 2 atom stereocenters. The molecule has 1 aromatic heterocycles. The van der Waals surface area contributed by atoms with Gasteiger partial charge in [-0.3, -0.25) is 4.72 Å². The normalized spacial score (nSPS) is 13.8. The Morgan fingerprint density at radius 1 is 1.09 bits per heavy atom. The summed E-state index contributed by atoms with van der Waals surface area (Å²) in [6, 6.07) is 5.85. The summed E-state index contributed by atoms with van der Waals surface area (Å²) >= 11 is 1.23. The van der Waals surface area contributed by atoms with Crippen molar-refractivity contribution in [3.8, 4) is 5.75 Å². The van der Waals surface area contributed by atoms with Crippen LogP contribution in [0, 0.1) is 5.92 Å². The van der Waals surface area contributed by atoms with Gasteiger partial charge in [0.25, 0.3) is 0 Å². The highest BCUT2D eigenvalue weighted by molar-refractivity contribution is 7.99. The zero-order valence-corrected chi connectivity index (χ0v) is 19.8. The molecular weight excluding hydrogens is 464 g/mol. The number of sulfonamides is 1. The van der Waals surface area contributed by atoms with Gasteiger partial charge in [-0.2, -0.15) is 23.7 Å². The van der Waals surface area contributed by atoms with E-state index in [1.54, 1.807) is 12.1 Å². The van der Waals surface area contributed by atoms with Crippen molar-refractivity contribution in [1.82, 2.24) is 15.0 Å². The zero-order chi connectivity index (χ0) is 23.9. The number of aliphatic hydroxyl groups excluding tert-OH is 1. The standard InChI is InChI=1S/C19H27F2N5O4S2/c1-11(2)9-14(10-27)22-17-23-18(26-32(4,28)29)25-19(24-17)31-12(3)13-5-7-15(8-6-13)30-16(20)21/h5-8,11-12,14,16,27H,9-10H2,1-4H3,(H2,22,23,24,25,26)/t12?,14-/m1/s1. The van der Waals surface area contributed by atoms with E-state index in [2.05, 4.69) is 29.7 Å². The van der Waals surface area contributed by atoms with Crippen LogP contribution in [-0.2, 0) is 10.0 Å². The smallest absolute Gasteiger partial charge is 0.387 e. The van der Waals surface area contributed by atoms with Gasteiger partial charge in [-0.1, -0.05) is 37.7 Å². The fourth-order valence-electron chi connectivity index (χ4n) is 2.76. The van der Waals surface area contributed by atoms with Crippen molar-refractivity contribution in [3.63, 3.8) is 0 Å². The molecule has 0 aliphatic heterocycles. The molecule has 0 radical (unpaired) electrons. The van der Waals surface area contributed by atoms with E-state index in [0.29, 0.717) is 12.3 Å². The molecule has 0 amide bonds. The van der Waals surface area contributed by atoms with Crippen LogP contribution in [0.4, 0.5) is 20.7 Å². The summed E-state index contributed by atoms with van der Waals surface area (Å²) in [6.45, 7) is 2.83. The number of ether oxygens (including phenoxy) is 1. The van der Waals surface area contributed by atoms with Crippen molar-refractivity contribution in [2.24, 2.45) is 5.92 Å². The van der Waals surface area contributed by atoms with Gasteiger partial charge in [-0.15, -0.1) is 0 Å². The monoisotopic (exact) mass is 491 g/mol. The highest BCUT2D eigenvalue weighted by Crippen LogP contribution is 2.34. The number of nitrogens with zero attached hydrogens (tertiary/aromatic N) is 3. The second-order valence-electron chi connectivity index (χ2n) is 7.50. The lowest BCUT2D eigenvalue weighted by molar-refractivity contribution is -0.0498.